The second-order valence-electron chi connectivity index (χ2n) is 4.79. The van der Waals surface area contributed by atoms with Gasteiger partial charge in [0, 0.05) is 6.07 Å². The summed E-state index contributed by atoms with van der Waals surface area (Å²) in [5, 5.41) is 11.0. The van der Waals surface area contributed by atoms with Gasteiger partial charge in [-0.1, -0.05) is 29.9 Å². The molecule has 1 saturated carbocycles. The van der Waals surface area contributed by atoms with Gasteiger partial charge in [0.15, 0.2) is 4.90 Å². The van der Waals surface area contributed by atoms with Gasteiger partial charge in [0.05, 0.1) is 11.0 Å². The van der Waals surface area contributed by atoms with Gasteiger partial charge < -0.3 is 0 Å². The minimum Gasteiger partial charge on any atom is -0.284 e. The SMILES string of the molecule is Cc1cccc([N+](=O)[O-])c1S(=O)(=O)NOC1CCCC1. The van der Waals surface area contributed by atoms with E-state index in [1.807, 2.05) is 4.89 Å². The number of nitrogens with zero attached hydrogens (tertiary/aromatic N) is 1. The van der Waals surface area contributed by atoms with Crippen LogP contribution in [0.2, 0.25) is 0 Å². The van der Waals surface area contributed by atoms with E-state index < -0.39 is 20.6 Å². The zero-order valence-electron chi connectivity index (χ0n) is 11.0. The zero-order chi connectivity index (χ0) is 14.8. The van der Waals surface area contributed by atoms with Crippen LogP contribution in [0, 0.1) is 17.0 Å². The Morgan fingerprint density at radius 3 is 2.60 bits per heavy atom. The molecule has 1 aromatic carbocycles. The lowest BCUT2D eigenvalue weighted by molar-refractivity contribution is -0.387. The fraction of sp³-hybridized carbons (Fsp3) is 0.500. The van der Waals surface area contributed by atoms with Gasteiger partial charge in [-0.15, -0.1) is 0 Å². The molecule has 1 fully saturated rings. The van der Waals surface area contributed by atoms with Gasteiger partial charge in [-0.05, 0) is 25.3 Å². The Labute approximate surface area is 117 Å². The Morgan fingerprint density at radius 1 is 1.35 bits per heavy atom. The summed E-state index contributed by atoms with van der Waals surface area (Å²) < 4.78 is 24.4. The largest absolute Gasteiger partial charge is 0.289 e. The summed E-state index contributed by atoms with van der Waals surface area (Å²) in [7, 11) is -4.07. The molecule has 0 bridgehead atoms. The minimum absolute atomic E-state index is 0.159. The van der Waals surface area contributed by atoms with Crippen LogP contribution in [0.15, 0.2) is 23.1 Å². The van der Waals surface area contributed by atoms with Crippen LogP contribution < -0.4 is 4.89 Å². The van der Waals surface area contributed by atoms with E-state index in [0.717, 1.165) is 31.7 Å². The number of nitro groups is 1. The first kappa shape index (κ1) is 14.9. The van der Waals surface area contributed by atoms with Crippen molar-refractivity contribution in [3.63, 3.8) is 0 Å². The van der Waals surface area contributed by atoms with E-state index in [0.29, 0.717) is 5.56 Å². The molecule has 0 unspecified atom stereocenters. The van der Waals surface area contributed by atoms with Crippen LogP contribution in [0.3, 0.4) is 0 Å². The van der Waals surface area contributed by atoms with Crippen molar-refractivity contribution in [3.05, 3.63) is 33.9 Å². The first-order valence-electron chi connectivity index (χ1n) is 6.33. The predicted octanol–water partition coefficient (Wildman–Crippen LogP) is 2.06. The van der Waals surface area contributed by atoms with Crippen LogP contribution in [0.1, 0.15) is 31.2 Å². The average molecular weight is 300 g/mol. The van der Waals surface area contributed by atoms with Crippen molar-refractivity contribution in [2.75, 3.05) is 0 Å². The summed E-state index contributed by atoms with van der Waals surface area (Å²) in [4.78, 5) is 17.1. The van der Waals surface area contributed by atoms with E-state index >= 15 is 0 Å². The quantitative estimate of drug-likeness (QED) is 0.663. The summed E-state index contributed by atoms with van der Waals surface area (Å²) in [6, 6.07) is 4.12. The van der Waals surface area contributed by atoms with E-state index in [4.69, 9.17) is 4.84 Å². The molecule has 0 saturated heterocycles. The third-order valence-corrected chi connectivity index (χ3v) is 4.67. The van der Waals surface area contributed by atoms with Gasteiger partial charge in [-0.3, -0.25) is 15.0 Å². The molecule has 0 heterocycles. The number of benzene rings is 1. The maximum Gasteiger partial charge on any atom is 0.289 e. The first-order chi connectivity index (χ1) is 9.42. The van der Waals surface area contributed by atoms with E-state index in [9.17, 15) is 18.5 Å². The summed E-state index contributed by atoms with van der Waals surface area (Å²) in [6.45, 7) is 1.51. The number of sulfonamides is 1. The molecule has 1 aromatic rings. The lowest BCUT2D eigenvalue weighted by atomic mass is 10.2. The van der Waals surface area contributed by atoms with Crippen molar-refractivity contribution in [2.45, 2.75) is 43.6 Å². The average Bonchev–Trinajstić information content (AvgIpc) is 2.89. The monoisotopic (exact) mass is 300 g/mol. The molecule has 0 atom stereocenters. The van der Waals surface area contributed by atoms with Crippen LogP contribution in [0.5, 0.6) is 0 Å². The third kappa shape index (κ3) is 3.14. The van der Waals surface area contributed by atoms with E-state index in [-0.39, 0.29) is 11.0 Å². The molecule has 0 amide bonds. The molecule has 0 radical (unpaired) electrons. The first-order valence-corrected chi connectivity index (χ1v) is 7.81. The van der Waals surface area contributed by atoms with Crippen LogP contribution in [-0.4, -0.2) is 19.4 Å². The van der Waals surface area contributed by atoms with E-state index in [1.54, 1.807) is 0 Å². The van der Waals surface area contributed by atoms with Crippen molar-refractivity contribution < 1.29 is 18.2 Å². The molecule has 0 aliphatic heterocycles. The molecule has 8 heteroatoms. The second kappa shape index (κ2) is 5.86. The molecule has 0 aromatic heterocycles. The summed E-state index contributed by atoms with van der Waals surface area (Å²) >= 11 is 0. The number of nitro benzene ring substituents is 1. The lowest BCUT2D eigenvalue weighted by Crippen LogP contribution is -2.29. The lowest BCUT2D eigenvalue weighted by Gasteiger charge is -2.13. The van der Waals surface area contributed by atoms with Crippen molar-refractivity contribution in [1.82, 2.24) is 4.89 Å². The fourth-order valence-electron chi connectivity index (χ4n) is 2.31. The smallest absolute Gasteiger partial charge is 0.284 e. The van der Waals surface area contributed by atoms with Gasteiger partial charge in [0.1, 0.15) is 0 Å². The maximum absolute atomic E-state index is 12.2. The predicted molar refractivity (Wildman–Crippen MR) is 71.5 cm³/mol. The highest BCUT2D eigenvalue weighted by Gasteiger charge is 2.29. The molecule has 1 N–H and O–H groups in total. The minimum atomic E-state index is -4.07. The molecule has 0 spiro atoms. The number of hydrogen-bond acceptors (Lipinski definition) is 5. The Bertz CT molecular complexity index is 608. The van der Waals surface area contributed by atoms with Crippen LogP contribution in [-0.2, 0) is 14.9 Å². The van der Waals surface area contributed by atoms with Gasteiger partial charge in [0.2, 0.25) is 0 Å². The van der Waals surface area contributed by atoms with Crippen molar-refractivity contribution in [2.24, 2.45) is 0 Å². The molecular formula is C12H16N2O5S. The Morgan fingerprint density at radius 2 is 2.00 bits per heavy atom. The normalized spacial score (nSPS) is 16.4. The van der Waals surface area contributed by atoms with Gasteiger partial charge in [-0.2, -0.15) is 0 Å². The Balaban J connectivity index is 2.26. The molecular weight excluding hydrogens is 284 g/mol. The highest BCUT2D eigenvalue weighted by molar-refractivity contribution is 7.89. The van der Waals surface area contributed by atoms with E-state index in [1.165, 1.54) is 19.1 Å². The molecule has 110 valence electrons. The Kier molecular flexibility index (Phi) is 4.36. The second-order valence-corrected chi connectivity index (χ2v) is 6.37. The molecule has 1 aliphatic rings. The zero-order valence-corrected chi connectivity index (χ0v) is 11.9. The van der Waals surface area contributed by atoms with Gasteiger partial charge in [-0.25, -0.2) is 8.42 Å². The number of nitrogens with one attached hydrogen (secondary N) is 1. The standard InChI is InChI=1S/C12H16N2O5S/c1-9-5-4-8-11(14(15)16)12(9)20(17,18)13-19-10-6-2-3-7-10/h4-5,8,10,13H,2-3,6-7H2,1H3. The molecule has 2 rings (SSSR count). The number of aryl methyl sites for hydroxylation is 1. The van der Waals surface area contributed by atoms with Gasteiger partial charge >= 0.3 is 0 Å². The topological polar surface area (TPSA) is 98.5 Å². The molecule has 7 nitrogen and oxygen atoms in total. The fourth-order valence-corrected chi connectivity index (χ4v) is 3.57. The van der Waals surface area contributed by atoms with Crippen molar-refractivity contribution >= 4 is 15.7 Å². The highest BCUT2D eigenvalue weighted by atomic mass is 32.2. The van der Waals surface area contributed by atoms with Crippen LogP contribution in [0.25, 0.3) is 0 Å². The van der Waals surface area contributed by atoms with Crippen LogP contribution >= 0.6 is 0 Å². The summed E-state index contributed by atoms with van der Waals surface area (Å²) in [6.07, 6.45) is 3.41. The van der Waals surface area contributed by atoms with E-state index in [2.05, 4.69) is 0 Å². The summed E-state index contributed by atoms with van der Waals surface area (Å²) in [5.74, 6) is 0. The highest BCUT2D eigenvalue weighted by Crippen LogP contribution is 2.27. The third-order valence-electron chi connectivity index (χ3n) is 3.28. The van der Waals surface area contributed by atoms with Crippen LogP contribution in [0.4, 0.5) is 5.69 Å². The van der Waals surface area contributed by atoms with Crippen molar-refractivity contribution in [1.29, 1.82) is 0 Å². The Hall–Kier alpha value is -1.51. The van der Waals surface area contributed by atoms with Crippen molar-refractivity contribution in [3.8, 4) is 0 Å². The van der Waals surface area contributed by atoms with Gasteiger partial charge in [0.25, 0.3) is 15.7 Å². The summed E-state index contributed by atoms with van der Waals surface area (Å²) in [5.41, 5.74) is -0.144. The molecule has 20 heavy (non-hydrogen) atoms. The molecule has 1 aliphatic carbocycles. The number of rotatable bonds is 5. The number of hydrogen-bond donors (Lipinski definition) is 1. The maximum atomic E-state index is 12.2.